The summed E-state index contributed by atoms with van der Waals surface area (Å²) in [6.45, 7) is 3.39. The quantitative estimate of drug-likeness (QED) is 0.725. The lowest BCUT2D eigenvalue weighted by Gasteiger charge is -2.16. The van der Waals surface area contributed by atoms with Gasteiger partial charge in [0.2, 0.25) is 17.6 Å². The van der Waals surface area contributed by atoms with Gasteiger partial charge in [-0.2, -0.15) is 4.98 Å². The zero-order chi connectivity index (χ0) is 17.9. The Kier molecular flexibility index (Phi) is 4.48. The third-order valence-electron chi connectivity index (χ3n) is 4.87. The molecule has 0 saturated carbocycles. The van der Waals surface area contributed by atoms with Gasteiger partial charge in [-0.05, 0) is 36.6 Å². The second-order valence-corrected chi connectivity index (χ2v) is 6.62. The predicted octanol–water partition coefficient (Wildman–Crippen LogP) is 3.00. The van der Waals surface area contributed by atoms with Gasteiger partial charge in [-0.15, -0.1) is 0 Å². The fourth-order valence-electron chi connectivity index (χ4n) is 3.29. The number of hydrogen-bond donors (Lipinski definition) is 0. The minimum Gasteiger partial charge on any atom is -0.342 e. The molecule has 3 aromatic rings. The van der Waals surface area contributed by atoms with Gasteiger partial charge in [-0.1, -0.05) is 29.4 Å². The number of carbonyl (C=O) groups excluding carboxylic acids is 1. The number of nitrogens with zero attached hydrogens (tertiary/aromatic N) is 4. The molecule has 0 radical (unpaired) electrons. The molecular weight excluding hydrogens is 328 g/mol. The summed E-state index contributed by atoms with van der Waals surface area (Å²) in [7, 11) is 0. The lowest BCUT2D eigenvalue weighted by molar-refractivity contribution is -0.129. The number of rotatable bonds is 4. The number of amides is 1. The van der Waals surface area contributed by atoms with Crippen LogP contribution in [0.5, 0.6) is 0 Å². The zero-order valence-electron chi connectivity index (χ0n) is 14.6. The number of hydrogen-bond acceptors (Lipinski definition) is 5. The topological polar surface area (TPSA) is 72.1 Å². The largest absolute Gasteiger partial charge is 0.342 e. The van der Waals surface area contributed by atoms with Crippen LogP contribution in [0.3, 0.4) is 0 Å². The van der Waals surface area contributed by atoms with Gasteiger partial charge in [-0.3, -0.25) is 9.78 Å². The number of carbonyl (C=O) groups is 1. The van der Waals surface area contributed by atoms with Crippen molar-refractivity contribution < 1.29 is 9.32 Å². The maximum atomic E-state index is 12.6. The van der Waals surface area contributed by atoms with Crippen LogP contribution in [0.4, 0.5) is 0 Å². The molecule has 0 bridgehead atoms. The molecule has 0 aliphatic carbocycles. The molecule has 3 heterocycles. The number of pyridine rings is 1. The van der Waals surface area contributed by atoms with E-state index in [1.54, 1.807) is 12.4 Å². The van der Waals surface area contributed by atoms with Crippen LogP contribution in [0, 0.1) is 6.92 Å². The Balaban J connectivity index is 1.42. The SMILES string of the molecule is Cc1ccccc1CC(=O)N1CC[C@H](c2nc(-c3ccncc3)no2)C1. The van der Waals surface area contributed by atoms with E-state index in [0.29, 0.717) is 24.7 Å². The normalized spacial score (nSPS) is 16.8. The van der Waals surface area contributed by atoms with Crippen molar-refractivity contribution >= 4 is 5.91 Å². The van der Waals surface area contributed by atoms with Gasteiger partial charge in [0.25, 0.3) is 0 Å². The Bertz CT molecular complexity index is 907. The Morgan fingerprint density at radius 3 is 2.85 bits per heavy atom. The van der Waals surface area contributed by atoms with Crippen LogP contribution in [0.1, 0.15) is 29.4 Å². The van der Waals surface area contributed by atoms with Crippen molar-refractivity contribution in [2.45, 2.75) is 25.7 Å². The molecule has 1 fully saturated rings. The predicted molar refractivity (Wildman–Crippen MR) is 96.4 cm³/mol. The standard InChI is InChI=1S/C20H20N4O2/c1-14-4-2-3-5-16(14)12-18(25)24-11-8-17(13-24)20-22-19(23-26-20)15-6-9-21-10-7-15/h2-7,9-10,17H,8,11-13H2,1H3/t17-/m0/s1. The van der Waals surface area contributed by atoms with E-state index in [2.05, 4.69) is 15.1 Å². The molecule has 4 rings (SSSR count). The molecule has 6 heteroatoms. The highest BCUT2D eigenvalue weighted by molar-refractivity contribution is 5.79. The van der Waals surface area contributed by atoms with Crippen molar-refractivity contribution in [3.63, 3.8) is 0 Å². The first kappa shape index (κ1) is 16.4. The molecular formula is C20H20N4O2. The molecule has 2 aromatic heterocycles. The van der Waals surface area contributed by atoms with E-state index in [4.69, 9.17) is 4.52 Å². The Morgan fingerprint density at radius 2 is 2.04 bits per heavy atom. The molecule has 132 valence electrons. The smallest absolute Gasteiger partial charge is 0.231 e. The number of aryl methyl sites for hydroxylation is 1. The van der Waals surface area contributed by atoms with Crippen LogP contribution < -0.4 is 0 Å². The van der Waals surface area contributed by atoms with Crippen molar-refractivity contribution in [2.75, 3.05) is 13.1 Å². The molecule has 0 N–H and O–H groups in total. The van der Waals surface area contributed by atoms with E-state index in [1.807, 2.05) is 48.2 Å². The van der Waals surface area contributed by atoms with E-state index >= 15 is 0 Å². The average molecular weight is 348 g/mol. The highest BCUT2D eigenvalue weighted by Crippen LogP contribution is 2.28. The summed E-state index contributed by atoms with van der Waals surface area (Å²) in [5, 5.41) is 4.06. The van der Waals surface area contributed by atoms with E-state index in [1.165, 1.54) is 0 Å². The highest BCUT2D eigenvalue weighted by Gasteiger charge is 2.31. The summed E-state index contributed by atoms with van der Waals surface area (Å²) in [6, 6.07) is 11.7. The molecule has 0 spiro atoms. The highest BCUT2D eigenvalue weighted by atomic mass is 16.5. The Labute approximate surface area is 151 Å². The Hall–Kier alpha value is -3.02. The molecule has 0 unspecified atom stereocenters. The van der Waals surface area contributed by atoms with Crippen LogP contribution in [0.25, 0.3) is 11.4 Å². The van der Waals surface area contributed by atoms with Gasteiger partial charge in [0.1, 0.15) is 0 Å². The number of aromatic nitrogens is 3. The lowest BCUT2D eigenvalue weighted by atomic mass is 10.1. The second kappa shape index (κ2) is 7.07. The molecule has 1 atom stereocenters. The zero-order valence-corrected chi connectivity index (χ0v) is 14.6. The monoisotopic (exact) mass is 348 g/mol. The molecule has 1 aliphatic heterocycles. The summed E-state index contributed by atoms with van der Waals surface area (Å²) >= 11 is 0. The maximum absolute atomic E-state index is 12.6. The van der Waals surface area contributed by atoms with Gasteiger partial charge < -0.3 is 9.42 Å². The molecule has 1 amide bonds. The maximum Gasteiger partial charge on any atom is 0.231 e. The fourth-order valence-corrected chi connectivity index (χ4v) is 3.29. The van der Waals surface area contributed by atoms with Gasteiger partial charge >= 0.3 is 0 Å². The fraction of sp³-hybridized carbons (Fsp3) is 0.300. The van der Waals surface area contributed by atoms with Crippen molar-refractivity contribution in [1.29, 1.82) is 0 Å². The first-order chi connectivity index (χ1) is 12.7. The summed E-state index contributed by atoms with van der Waals surface area (Å²) < 4.78 is 5.45. The molecule has 26 heavy (non-hydrogen) atoms. The molecule has 6 nitrogen and oxygen atoms in total. The van der Waals surface area contributed by atoms with E-state index in [-0.39, 0.29) is 11.8 Å². The number of benzene rings is 1. The molecule has 1 aromatic carbocycles. The Morgan fingerprint density at radius 1 is 1.23 bits per heavy atom. The first-order valence-corrected chi connectivity index (χ1v) is 8.77. The van der Waals surface area contributed by atoms with E-state index in [0.717, 1.165) is 29.7 Å². The van der Waals surface area contributed by atoms with Crippen molar-refractivity contribution in [3.05, 3.63) is 65.8 Å². The van der Waals surface area contributed by atoms with E-state index in [9.17, 15) is 4.79 Å². The van der Waals surface area contributed by atoms with Crippen LogP contribution >= 0.6 is 0 Å². The van der Waals surface area contributed by atoms with Crippen LogP contribution in [0.2, 0.25) is 0 Å². The average Bonchev–Trinajstić information content (AvgIpc) is 3.34. The second-order valence-electron chi connectivity index (χ2n) is 6.62. The third-order valence-corrected chi connectivity index (χ3v) is 4.87. The third kappa shape index (κ3) is 3.35. The summed E-state index contributed by atoms with van der Waals surface area (Å²) in [4.78, 5) is 23.0. The summed E-state index contributed by atoms with van der Waals surface area (Å²) in [5.41, 5.74) is 3.11. The van der Waals surface area contributed by atoms with Crippen molar-refractivity contribution in [2.24, 2.45) is 0 Å². The first-order valence-electron chi connectivity index (χ1n) is 8.77. The molecule has 1 saturated heterocycles. The number of likely N-dealkylation sites (tertiary alicyclic amines) is 1. The van der Waals surface area contributed by atoms with Crippen LogP contribution in [-0.2, 0) is 11.2 Å². The van der Waals surface area contributed by atoms with E-state index < -0.39 is 0 Å². The van der Waals surface area contributed by atoms with Crippen LogP contribution in [-0.4, -0.2) is 39.0 Å². The van der Waals surface area contributed by atoms with Crippen molar-refractivity contribution in [3.8, 4) is 11.4 Å². The van der Waals surface area contributed by atoms with Crippen molar-refractivity contribution in [1.82, 2.24) is 20.0 Å². The van der Waals surface area contributed by atoms with Crippen LogP contribution in [0.15, 0.2) is 53.3 Å². The van der Waals surface area contributed by atoms with Gasteiger partial charge in [0.05, 0.1) is 12.3 Å². The summed E-state index contributed by atoms with van der Waals surface area (Å²) in [5.74, 6) is 1.41. The minimum atomic E-state index is 0.0962. The van der Waals surface area contributed by atoms with Gasteiger partial charge in [-0.25, -0.2) is 0 Å². The lowest BCUT2D eigenvalue weighted by Crippen LogP contribution is -2.30. The van der Waals surface area contributed by atoms with Gasteiger partial charge in [0, 0.05) is 31.0 Å². The minimum absolute atomic E-state index is 0.0962. The summed E-state index contributed by atoms with van der Waals surface area (Å²) in [6.07, 6.45) is 4.68. The molecule has 1 aliphatic rings. The van der Waals surface area contributed by atoms with Gasteiger partial charge in [0.15, 0.2) is 0 Å².